The molecule has 0 saturated carbocycles. The van der Waals surface area contributed by atoms with Crippen LogP contribution in [0, 0.1) is 0 Å². The molecule has 158 valence electrons. The molecule has 30 heavy (non-hydrogen) atoms. The topological polar surface area (TPSA) is 88.2 Å². The average molecular weight is 411 g/mol. The molecule has 0 atom stereocenters. The second-order valence-corrected chi connectivity index (χ2v) is 6.85. The van der Waals surface area contributed by atoms with E-state index in [0.717, 1.165) is 11.4 Å². The molecule has 2 aromatic carbocycles. The summed E-state index contributed by atoms with van der Waals surface area (Å²) in [5.41, 5.74) is 1.87. The van der Waals surface area contributed by atoms with E-state index >= 15 is 0 Å². The quantitative estimate of drug-likeness (QED) is 0.702. The van der Waals surface area contributed by atoms with Crippen molar-refractivity contribution in [2.75, 3.05) is 44.7 Å². The Morgan fingerprint density at radius 3 is 2.07 bits per heavy atom. The van der Waals surface area contributed by atoms with Gasteiger partial charge in [-0.1, -0.05) is 18.2 Å². The van der Waals surface area contributed by atoms with Gasteiger partial charge in [0.1, 0.15) is 5.75 Å². The minimum atomic E-state index is -0.614. The van der Waals surface area contributed by atoms with Crippen LogP contribution in [-0.4, -0.2) is 67.0 Å². The second-order valence-electron chi connectivity index (χ2n) is 6.85. The van der Waals surface area contributed by atoms with Gasteiger partial charge in [-0.3, -0.25) is 9.59 Å². The number of esters is 1. The van der Waals surface area contributed by atoms with Gasteiger partial charge < -0.3 is 24.6 Å². The third-order valence-corrected chi connectivity index (χ3v) is 4.71. The molecule has 0 radical (unpaired) electrons. The normalized spacial score (nSPS) is 13.5. The van der Waals surface area contributed by atoms with E-state index in [2.05, 4.69) is 5.32 Å². The van der Waals surface area contributed by atoms with Gasteiger partial charge in [-0.2, -0.15) is 0 Å². The number of ether oxygens (including phenoxy) is 2. The smallest absolute Gasteiger partial charge is 0.344 e. The van der Waals surface area contributed by atoms with Crippen molar-refractivity contribution in [2.24, 2.45) is 0 Å². The third kappa shape index (κ3) is 6.23. The lowest BCUT2D eigenvalue weighted by Gasteiger charge is -2.34. The van der Waals surface area contributed by atoms with Crippen molar-refractivity contribution in [3.8, 4) is 5.75 Å². The first-order chi connectivity index (χ1) is 14.5. The highest BCUT2D eigenvalue weighted by molar-refractivity contribution is 5.81. The van der Waals surface area contributed by atoms with Gasteiger partial charge in [-0.15, -0.1) is 0 Å². The maximum atomic E-state index is 12.1. The van der Waals surface area contributed by atoms with Crippen LogP contribution in [0.25, 0.3) is 0 Å². The van der Waals surface area contributed by atoms with Crippen molar-refractivity contribution in [3.63, 3.8) is 0 Å². The van der Waals surface area contributed by atoms with Gasteiger partial charge in [0.2, 0.25) is 5.91 Å². The predicted octanol–water partition coefficient (Wildman–Crippen LogP) is 2.04. The monoisotopic (exact) mass is 411 g/mol. The van der Waals surface area contributed by atoms with E-state index in [-0.39, 0.29) is 25.0 Å². The SMILES string of the molecule is CC(=O)N1CCN(C(=O)COC(=O)COc2ccc(Nc3ccccc3)cc2)CC1. The first kappa shape index (κ1) is 21.2. The number of nitrogens with zero attached hydrogens (tertiary/aromatic N) is 2. The van der Waals surface area contributed by atoms with Gasteiger partial charge >= 0.3 is 5.97 Å². The van der Waals surface area contributed by atoms with Crippen LogP contribution in [0.4, 0.5) is 11.4 Å². The van der Waals surface area contributed by atoms with E-state index in [1.54, 1.807) is 21.9 Å². The summed E-state index contributed by atoms with van der Waals surface area (Å²) in [5, 5.41) is 3.26. The lowest BCUT2D eigenvalue weighted by molar-refractivity contribution is -0.154. The summed E-state index contributed by atoms with van der Waals surface area (Å²) in [6.45, 7) is 2.76. The zero-order valence-electron chi connectivity index (χ0n) is 16.9. The zero-order chi connectivity index (χ0) is 21.3. The van der Waals surface area contributed by atoms with E-state index < -0.39 is 5.97 Å². The lowest BCUT2D eigenvalue weighted by atomic mass is 10.2. The fraction of sp³-hybridized carbons (Fsp3) is 0.318. The molecular formula is C22H25N3O5. The van der Waals surface area contributed by atoms with Gasteiger partial charge in [0.25, 0.3) is 5.91 Å². The summed E-state index contributed by atoms with van der Waals surface area (Å²) in [7, 11) is 0. The summed E-state index contributed by atoms with van der Waals surface area (Å²) in [4.78, 5) is 38.6. The Balaban J connectivity index is 1.36. The van der Waals surface area contributed by atoms with Crippen molar-refractivity contribution in [1.29, 1.82) is 0 Å². The maximum Gasteiger partial charge on any atom is 0.344 e. The molecule has 0 unspecified atom stereocenters. The van der Waals surface area contributed by atoms with E-state index in [1.165, 1.54) is 6.92 Å². The van der Waals surface area contributed by atoms with Crippen LogP contribution in [0.2, 0.25) is 0 Å². The Labute approximate surface area is 175 Å². The number of benzene rings is 2. The summed E-state index contributed by atoms with van der Waals surface area (Å²) in [5.74, 6) is -0.369. The Hall–Kier alpha value is -3.55. The summed E-state index contributed by atoms with van der Waals surface area (Å²) in [6, 6.07) is 17.0. The molecule has 1 fully saturated rings. The molecule has 2 aromatic rings. The molecule has 0 aromatic heterocycles. The first-order valence-electron chi connectivity index (χ1n) is 9.75. The number of hydrogen-bond donors (Lipinski definition) is 1. The molecule has 1 heterocycles. The number of anilines is 2. The minimum Gasteiger partial charge on any atom is -0.482 e. The van der Waals surface area contributed by atoms with Crippen LogP contribution >= 0.6 is 0 Å². The molecule has 8 heteroatoms. The number of amides is 2. The predicted molar refractivity (Wildman–Crippen MR) is 111 cm³/mol. The van der Waals surface area contributed by atoms with Crippen molar-refractivity contribution in [1.82, 2.24) is 9.80 Å². The summed E-state index contributed by atoms with van der Waals surface area (Å²) < 4.78 is 10.4. The molecule has 8 nitrogen and oxygen atoms in total. The highest BCUT2D eigenvalue weighted by Gasteiger charge is 2.23. The second kappa shape index (κ2) is 10.3. The molecule has 1 aliphatic rings. The van der Waals surface area contributed by atoms with Crippen LogP contribution < -0.4 is 10.1 Å². The lowest BCUT2D eigenvalue weighted by Crippen LogP contribution is -2.51. The number of hydrogen-bond acceptors (Lipinski definition) is 6. The number of carbonyl (C=O) groups excluding carboxylic acids is 3. The molecule has 3 rings (SSSR count). The highest BCUT2D eigenvalue weighted by atomic mass is 16.6. The Bertz CT molecular complexity index is 862. The largest absolute Gasteiger partial charge is 0.482 e. The van der Waals surface area contributed by atoms with Gasteiger partial charge in [-0.25, -0.2) is 4.79 Å². The van der Waals surface area contributed by atoms with Crippen LogP contribution in [0.5, 0.6) is 5.75 Å². The van der Waals surface area contributed by atoms with Gasteiger partial charge in [0.05, 0.1) is 0 Å². The molecule has 1 aliphatic heterocycles. The third-order valence-electron chi connectivity index (χ3n) is 4.71. The van der Waals surface area contributed by atoms with E-state index in [1.807, 2.05) is 42.5 Å². The molecule has 2 amide bonds. The minimum absolute atomic E-state index is 0.00504. The highest BCUT2D eigenvalue weighted by Crippen LogP contribution is 2.19. The molecule has 1 N–H and O–H groups in total. The van der Waals surface area contributed by atoms with Crippen molar-refractivity contribution >= 4 is 29.2 Å². The summed E-state index contributed by atoms with van der Waals surface area (Å²) in [6.07, 6.45) is 0. The molecular weight excluding hydrogens is 386 g/mol. The number of rotatable bonds is 7. The number of carbonyl (C=O) groups is 3. The number of para-hydroxylation sites is 1. The first-order valence-corrected chi connectivity index (χ1v) is 9.75. The summed E-state index contributed by atoms with van der Waals surface area (Å²) >= 11 is 0. The van der Waals surface area contributed by atoms with Crippen LogP contribution in [-0.2, 0) is 19.1 Å². The van der Waals surface area contributed by atoms with Crippen molar-refractivity contribution in [3.05, 3.63) is 54.6 Å². The average Bonchev–Trinajstić information content (AvgIpc) is 2.77. The Kier molecular flexibility index (Phi) is 7.26. The Morgan fingerprint density at radius 2 is 1.43 bits per heavy atom. The molecule has 0 spiro atoms. The van der Waals surface area contributed by atoms with E-state index in [4.69, 9.17) is 9.47 Å². The van der Waals surface area contributed by atoms with Crippen LogP contribution in [0.3, 0.4) is 0 Å². The zero-order valence-corrected chi connectivity index (χ0v) is 16.9. The number of piperazine rings is 1. The Morgan fingerprint density at radius 1 is 0.833 bits per heavy atom. The van der Waals surface area contributed by atoms with Gasteiger partial charge in [0.15, 0.2) is 13.2 Å². The fourth-order valence-corrected chi connectivity index (χ4v) is 3.01. The van der Waals surface area contributed by atoms with Crippen LogP contribution in [0.1, 0.15) is 6.92 Å². The van der Waals surface area contributed by atoms with Gasteiger partial charge in [-0.05, 0) is 36.4 Å². The van der Waals surface area contributed by atoms with Crippen LogP contribution in [0.15, 0.2) is 54.6 Å². The molecule has 0 aliphatic carbocycles. The molecule has 1 saturated heterocycles. The number of nitrogens with one attached hydrogen (secondary N) is 1. The van der Waals surface area contributed by atoms with Gasteiger partial charge in [0, 0.05) is 44.5 Å². The maximum absolute atomic E-state index is 12.1. The van der Waals surface area contributed by atoms with Crippen molar-refractivity contribution in [2.45, 2.75) is 6.92 Å². The van der Waals surface area contributed by atoms with E-state index in [0.29, 0.717) is 31.9 Å². The molecule has 0 bridgehead atoms. The van der Waals surface area contributed by atoms with E-state index in [9.17, 15) is 14.4 Å². The van der Waals surface area contributed by atoms with Crippen molar-refractivity contribution < 1.29 is 23.9 Å². The standard InChI is InChI=1S/C22H25N3O5/c1-17(26)24-11-13-25(14-12-24)21(27)15-30-22(28)16-29-20-9-7-19(8-10-20)23-18-5-3-2-4-6-18/h2-10,23H,11-16H2,1H3. The fourth-order valence-electron chi connectivity index (χ4n) is 3.01.